The summed E-state index contributed by atoms with van der Waals surface area (Å²) in [6.07, 6.45) is 0.701. The normalized spacial score (nSPS) is 12.8. The molecule has 0 radical (unpaired) electrons. The predicted octanol–water partition coefficient (Wildman–Crippen LogP) is 1.97. The molecular weight excluding hydrogens is 328 g/mol. The number of rotatable bonds is 9. The third-order valence-corrected chi connectivity index (χ3v) is 3.96. The van der Waals surface area contributed by atoms with Gasteiger partial charge in [0.1, 0.15) is 13.2 Å². The van der Waals surface area contributed by atoms with Gasteiger partial charge in [0.15, 0.2) is 0 Å². The van der Waals surface area contributed by atoms with E-state index in [0.29, 0.717) is 12.0 Å². The summed E-state index contributed by atoms with van der Waals surface area (Å²) >= 11 is 0. The van der Waals surface area contributed by atoms with Gasteiger partial charge in [-0.2, -0.15) is 0 Å². The summed E-state index contributed by atoms with van der Waals surface area (Å²) in [5.74, 6) is -1.47. The Morgan fingerprint density at radius 2 is 1.48 bits per heavy atom. The molecule has 0 bridgehead atoms. The largest absolute Gasteiger partial charge is 0.465 e. The highest BCUT2D eigenvalue weighted by atomic mass is 16.5. The summed E-state index contributed by atoms with van der Waals surface area (Å²) in [4.78, 5) is 34.8. The lowest BCUT2D eigenvalue weighted by Gasteiger charge is -2.29. The molecule has 25 heavy (non-hydrogen) atoms. The van der Waals surface area contributed by atoms with E-state index < -0.39 is 17.4 Å². The molecule has 0 aliphatic heterocycles. The standard InChI is InChI=1S/C18H24O7/c1-4-15(20)24-11-18(5-2,10-19)12-25-17(22)14-8-6-13(7-9-14)16(21)23-3/h6-9,19H,4-5,10-12H2,1-3H3. The van der Waals surface area contributed by atoms with Crippen molar-refractivity contribution in [3.05, 3.63) is 35.4 Å². The quantitative estimate of drug-likeness (QED) is 0.536. The van der Waals surface area contributed by atoms with Crippen LogP contribution in [0.15, 0.2) is 24.3 Å². The van der Waals surface area contributed by atoms with Gasteiger partial charge in [-0.1, -0.05) is 13.8 Å². The minimum Gasteiger partial charge on any atom is -0.465 e. The number of carbonyl (C=O) groups is 3. The van der Waals surface area contributed by atoms with Gasteiger partial charge in [0, 0.05) is 6.42 Å². The van der Waals surface area contributed by atoms with E-state index in [9.17, 15) is 19.5 Å². The molecule has 0 fully saturated rings. The van der Waals surface area contributed by atoms with Crippen molar-refractivity contribution < 1.29 is 33.7 Å². The molecule has 7 nitrogen and oxygen atoms in total. The molecule has 1 atom stereocenters. The van der Waals surface area contributed by atoms with Crippen molar-refractivity contribution in [2.45, 2.75) is 26.7 Å². The molecule has 1 unspecified atom stereocenters. The first-order valence-corrected chi connectivity index (χ1v) is 8.03. The molecule has 7 heteroatoms. The molecule has 0 saturated heterocycles. The fraction of sp³-hybridized carbons (Fsp3) is 0.500. The van der Waals surface area contributed by atoms with Gasteiger partial charge in [0.25, 0.3) is 0 Å². The molecule has 0 aliphatic rings. The number of aliphatic hydroxyl groups is 1. The van der Waals surface area contributed by atoms with E-state index >= 15 is 0 Å². The molecular formula is C18H24O7. The number of aliphatic hydroxyl groups excluding tert-OH is 1. The van der Waals surface area contributed by atoms with Gasteiger partial charge in [-0.05, 0) is 30.7 Å². The van der Waals surface area contributed by atoms with Crippen molar-refractivity contribution in [1.29, 1.82) is 0 Å². The van der Waals surface area contributed by atoms with Crippen LogP contribution >= 0.6 is 0 Å². The van der Waals surface area contributed by atoms with Crippen molar-refractivity contribution in [2.75, 3.05) is 26.9 Å². The first kappa shape index (κ1) is 20.6. The number of esters is 3. The van der Waals surface area contributed by atoms with Crippen LogP contribution < -0.4 is 0 Å². The zero-order valence-electron chi connectivity index (χ0n) is 14.7. The highest BCUT2D eigenvalue weighted by molar-refractivity contribution is 5.93. The predicted molar refractivity (Wildman–Crippen MR) is 89.1 cm³/mol. The fourth-order valence-electron chi connectivity index (χ4n) is 1.95. The second kappa shape index (κ2) is 9.78. The van der Waals surface area contributed by atoms with Gasteiger partial charge in [0.05, 0.1) is 30.3 Å². The van der Waals surface area contributed by atoms with E-state index in [2.05, 4.69) is 4.74 Å². The number of hydrogen-bond acceptors (Lipinski definition) is 7. The van der Waals surface area contributed by atoms with Crippen molar-refractivity contribution in [3.8, 4) is 0 Å². The molecule has 1 rings (SSSR count). The highest BCUT2D eigenvalue weighted by Gasteiger charge is 2.31. The van der Waals surface area contributed by atoms with Gasteiger partial charge >= 0.3 is 17.9 Å². The zero-order valence-corrected chi connectivity index (χ0v) is 14.7. The summed E-state index contributed by atoms with van der Waals surface area (Å²) < 4.78 is 14.9. The fourth-order valence-corrected chi connectivity index (χ4v) is 1.95. The number of hydrogen-bond donors (Lipinski definition) is 1. The van der Waals surface area contributed by atoms with Crippen molar-refractivity contribution in [3.63, 3.8) is 0 Å². The molecule has 0 spiro atoms. The monoisotopic (exact) mass is 352 g/mol. The Hall–Kier alpha value is -2.41. The second-order valence-corrected chi connectivity index (χ2v) is 5.67. The maximum atomic E-state index is 12.1. The Bertz CT molecular complexity index is 588. The second-order valence-electron chi connectivity index (χ2n) is 5.67. The number of benzene rings is 1. The molecule has 138 valence electrons. The first-order chi connectivity index (χ1) is 11.9. The van der Waals surface area contributed by atoms with Crippen LogP contribution in [0, 0.1) is 5.41 Å². The van der Waals surface area contributed by atoms with Crippen LogP contribution in [0.2, 0.25) is 0 Å². The number of carbonyl (C=O) groups excluding carboxylic acids is 3. The van der Waals surface area contributed by atoms with Crippen molar-refractivity contribution >= 4 is 17.9 Å². The van der Waals surface area contributed by atoms with Crippen LogP contribution in [-0.4, -0.2) is 49.9 Å². The maximum Gasteiger partial charge on any atom is 0.338 e. The van der Waals surface area contributed by atoms with Gasteiger partial charge in [-0.15, -0.1) is 0 Å². The molecule has 0 aliphatic carbocycles. The number of methoxy groups -OCH3 is 1. The first-order valence-electron chi connectivity index (χ1n) is 8.03. The Morgan fingerprint density at radius 1 is 0.960 bits per heavy atom. The van der Waals surface area contributed by atoms with E-state index in [1.807, 2.05) is 6.92 Å². The topological polar surface area (TPSA) is 99.1 Å². The van der Waals surface area contributed by atoms with E-state index in [1.54, 1.807) is 6.92 Å². The summed E-state index contributed by atoms with van der Waals surface area (Å²) in [5.41, 5.74) is -0.253. The lowest BCUT2D eigenvalue weighted by molar-refractivity contribution is -0.149. The molecule has 1 N–H and O–H groups in total. The van der Waals surface area contributed by atoms with Gasteiger partial charge in [-0.3, -0.25) is 4.79 Å². The summed E-state index contributed by atoms with van der Waals surface area (Å²) in [6.45, 7) is 3.09. The SMILES string of the molecule is CCC(=O)OCC(CC)(CO)COC(=O)c1ccc(C(=O)OC)cc1. The Kier molecular flexibility index (Phi) is 8.07. The van der Waals surface area contributed by atoms with Crippen LogP contribution in [0.3, 0.4) is 0 Å². The highest BCUT2D eigenvalue weighted by Crippen LogP contribution is 2.23. The molecule has 0 amide bonds. The van der Waals surface area contributed by atoms with Crippen LogP contribution in [0.1, 0.15) is 47.4 Å². The zero-order chi connectivity index (χ0) is 18.9. The third kappa shape index (κ3) is 5.86. The van der Waals surface area contributed by atoms with E-state index in [0.717, 1.165) is 0 Å². The molecule has 0 heterocycles. The molecule has 0 aromatic heterocycles. The van der Waals surface area contributed by atoms with Crippen LogP contribution in [-0.2, 0) is 19.0 Å². The van der Waals surface area contributed by atoms with Crippen LogP contribution in [0.4, 0.5) is 0 Å². The smallest absolute Gasteiger partial charge is 0.338 e. The van der Waals surface area contributed by atoms with Crippen LogP contribution in [0.5, 0.6) is 0 Å². The lowest BCUT2D eigenvalue weighted by Crippen LogP contribution is -2.37. The average molecular weight is 352 g/mol. The van der Waals surface area contributed by atoms with Gasteiger partial charge < -0.3 is 19.3 Å². The molecule has 1 aromatic carbocycles. The van der Waals surface area contributed by atoms with Crippen molar-refractivity contribution in [1.82, 2.24) is 0 Å². The minimum atomic E-state index is -0.841. The van der Waals surface area contributed by atoms with Gasteiger partial charge in [-0.25, -0.2) is 9.59 Å². The Labute approximate surface area is 146 Å². The average Bonchev–Trinajstić information content (AvgIpc) is 2.67. The lowest BCUT2D eigenvalue weighted by atomic mass is 9.88. The van der Waals surface area contributed by atoms with E-state index in [1.165, 1.54) is 31.4 Å². The third-order valence-electron chi connectivity index (χ3n) is 3.96. The maximum absolute atomic E-state index is 12.1. The molecule has 1 aromatic rings. The molecule has 0 saturated carbocycles. The minimum absolute atomic E-state index is 0.0266. The Morgan fingerprint density at radius 3 is 1.92 bits per heavy atom. The van der Waals surface area contributed by atoms with E-state index in [-0.39, 0.29) is 37.8 Å². The Balaban J connectivity index is 2.70. The van der Waals surface area contributed by atoms with Gasteiger partial charge in [0.2, 0.25) is 0 Å². The van der Waals surface area contributed by atoms with Crippen LogP contribution in [0.25, 0.3) is 0 Å². The summed E-state index contributed by atoms with van der Waals surface area (Å²) in [6, 6.07) is 5.84. The number of ether oxygens (including phenoxy) is 3. The van der Waals surface area contributed by atoms with Crippen molar-refractivity contribution in [2.24, 2.45) is 5.41 Å². The summed E-state index contributed by atoms with van der Waals surface area (Å²) in [5, 5.41) is 9.64. The van der Waals surface area contributed by atoms with E-state index in [4.69, 9.17) is 9.47 Å². The summed E-state index contributed by atoms with van der Waals surface area (Å²) in [7, 11) is 1.27.